The smallest absolute Gasteiger partial charge is 0.340 e. The lowest BCUT2D eigenvalue weighted by Gasteiger charge is -2.09. The molecule has 3 aromatic rings. The number of rotatable bonds is 8. The average molecular weight is 461 g/mol. The van der Waals surface area contributed by atoms with Crippen LogP contribution in [-0.4, -0.2) is 40.3 Å². The third-order valence-corrected chi connectivity index (χ3v) is 5.73. The lowest BCUT2D eigenvalue weighted by Crippen LogP contribution is -2.17. The topological polar surface area (TPSA) is 110 Å². The number of para-hydroxylation sites is 1. The Hall–Kier alpha value is -3.31. The van der Waals surface area contributed by atoms with Gasteiger partial charge in [0.2, 0.25) is 11.0 Å². The van der Waals surface area contributed by atoms with Crippen LogP contribution in [0.3, 0.4) is 0 Å². The minimum absolute atomic E-state index is 0.0255. The molecule has 0 unspecified atom stereocenters. The first-order chi connectivity index (χ1) is 15.0. The predicted molar refractivity (Wildman–Crippen MR) is 116 cm³/mol. The van der Waals surface area contributed by atoms with E-state index < -0.39 is 17.7 Å². The molecule has 11 heteroatoms. The summed E-state index contributed by atoms with van der Waals surface area (Å²) < 4.78 is 18.4. The first-order valence-corrected chi connectivity index (χ1v) is 10.9. The van der Waals surface area contributed by atoms with Crippen LogP contribution in [0.2, 0.25) is 0 Å². The number of esters is 1. The van der Waals surface area contributed by atoms with Gasteiger partial charge in [0.05, 0.1) is 23.6 Å². The number of amides is 2. The van der Waals surface area contributed by atoms with E-state index in [1.165, 1.54) is 24.3 Å². The Kier molecular flexibility index (Phi) is 7.68. The largest absolute Gasteiger partial charge is 0.462 e. The van der Waals surface area contributed by atoms with E-state index in [2.05, 4.69) is 20.8 Å². The monoisotopic (exact) mass is 460 g/mol. The highest BCUT2D eigenvalue weighted by atomic mass is 32.2. The molecule has 1 aromatic heterocycles. The van der Waals surface area contributed by atoms with Crippen molar-refractivity contribution in [2.75, 3.05) is 23.0 Å². The molecule has 0 aliphatic heterocycles. The normalized spacial score (nSPS) is 10.4. The van der Waals surface area contributed by atoms with Crippen LogP contribution in [0.1, 0.15) is 27.6 Å². The first kappa shape index (κ1) is 22.4. The highest BCUT2D eigenvalue weighted by Gasteiger charge is 2.15. The number of carbonyl (C=O) groups is 3. The van der Waals surface area contributed by atoms with Crippen molar-refractivity contribution in [3.63, 3.8) is 0 Å². The van der Waals surface area contributed by atoms with Gasteiger partial charge in [0, 0.05) is 5.56 Å². The summed E-state index contributed by atoms with van der Waals surface area (Å²) >= 11 is 2.24. The van der Waals surface area contributed by atoms with Crippen molar-refractivity contribution in [1.82, 2.24) is 10.2 Å². The van der Waals surface area contributed by atoms with E-state index in [1.54, 1.807) is 31.2 Å². The van der Waals surface area contributed by atoms with Gasteiger partial charge in [-0.1, -0.05) is 35.2 Å². The predicted octanol–water partition coefficient (Wildman–Crippen LogP) is 3.84. The van der Waals surface area contributed by atoms with Crippen LogP contribution in [0.15, 0.2) is 52.9 Å². The number of hydrogen-bond acceptors (Lipinski definition) is 8. The van der Waals surface area contributed by atoms with E-state index in [0.29, 0.717) is 10.0 Å². The standard InChI is InChI=1S/C20H17FN4O4S2/c1-2-29-18(28)14-5-3-4-6-15(14)22-16(26)11-30-20-25-24-19(31-20)23-17(27)12-7-9-13(21)10-8-12/h3-10H,2,11H2,1H3,(H,22,26)(H,23,24,27). The molecule has 2 N–H and O–H groups in total. The van der Waals surface area contributed by atoms with E-state index in [0.717, 1.165) is 23.1 Å². The Morgan fingerprint density at radius 2 is 1.81 bits per heavy atom. The molecule has 0 saturated carbocycles. The highest BCUT2D eigenvalue weighted by Crippen LogP contribution is 2.26. The number of benzene rings is 2. The number of ether oxygens (including phenoxy) is 1. The molecule has 0 saturated heterocycles. The number of nitrogens with one attached hydrogen (secondary N) is 2. The zero-order valence-corrected chi connectivity index (χ0v) is 17.9. The Balaban J connectivity index is 1.54. The fourth-order valence-electron chi connectivity index (χ4n) is 2.38. The molecule has 0 aliphatic carbocycles. The second-order valence-corrected chi connectivity index (χ2v) is 8.14. The van der Waals surface area contributed by atoms with Gasteiger partial charge < -0.3 is 10.1 Å². The summed E-state index contributed by atoms with van der Waals surface area (Å²) in [6.45, 7) is 1.93. The van der Waals surface area contributed by atoms with Crippen LogP contribution in [0.5, 0.6) is 0 Å². The number of thioether (sulfide) groups is 1. The van der Waals surface area contributed by atoms with Crippen molar-refractivity contribution in [3.05, 3.63) is 65.5 Å². The molecular weight excluding hydrogens is 443 g/mol. The summed E-state index contributed by atoms with van der Waals surface area (Å²) in [4.78, 5) is 36.4. The highest BCUT2D eigenvalue weighted by molar-refractivity contribution is 8.01. The number of carbonyl (C=O) groups excluding carboxylic acids is 3. The van der Waals surface area contributed by atoms with Crippen molar-refractivity contribution in [3.8, 4) is 0 Å². The lowest BCUT2D eigenvalue weighted by molar-refractivity contribution is -0.113. The Morgan fingerprint density at radius 1 is 1.06 bits per heavy atom. The summed E-state index contributed by atoms with van der Waals surface area (Å²) in [5.74, 6) is -1.71. The van der Waals surface area contributed by atoms with Crippen LogP contribution >= 0.6 is 23.1 Å². The van der Waals surface area contributed by atoms with Crippen LogP contribution in [0.25, 0.3) is 0 Å². The van der Waals surface area contributed by atoms with Crippen molar-refractivity contribution in [2.24, 2.45) is 0 Å². The van der Waals surface area contributed by atoms with Gasteiger partial charge in [-0.2, -0.15) is 0 Å². The zero-order valence-electron chi connectivity index (χ0n) is 16.3. The van der Waals surface area contributed by atoms with Crippen LogP contribution in [-0.2, 0) is 9.53 Å². The van der Waals surface area contributed by atoms with E-state index in [-0.39, 0.29) is 34.5 Å². The quantitative estimate of drug-likeness (QED) is 0.299. The van der Waals surface area contributed by atoms with Gasteiger partial charge in [-0.05, 0) is 43.3 Å². The van der Waals surface area contributed by atoms with Gasteiger partial charge in [0.1, 0.15) is 5.82 Å². The molecule has 3 rings (SSSR count). The number of halogens is 1. The maximum absolute atomic E-state index is 13.0. The molecule has 0 spiro atoms. The molecule has 2 aromatic carbocycles. The molecule has 0 fully saturated rings. The van der Waals surface area contributed by atoms with Gasteiger partial charge in [-0.25, -0.2) is 9.18 Å². The van der Waals surface area contributed by atoms with E-state index in [1.807, 2.05) is 0 Å². The van der Waals surface area contributed by atoms with Crippen molar-refractivity contribution in [2.45, 2.75) is 11.3 Å². The summed E-state index contributed by atoms with van der Waals surface area (Å²) in [6.07, 6.45) is 0. The molecule has 0 aliphatic rings. The van der Waals surface area contributed by atoms with Gasteiger partial charge in [0.15, 0.2) is 4.34 Å². The van der Waals surface area contributed by atoms with Crippen molar-refractivity contribution >= 4 is 51.7 Å². The summed E-state index contributed by atoms with van der Waals surface area (Å²) in [6, 6.07) is 11.7. The maximum atomic E-state index is 13.0. The minimum Gasteiger partial charge on any atom is -0.462 e. The minimum atomic E-state index is -0.517. The number of nitrogens with zero attached hydrogens (tertiary/aromatic N) is 2. The second kappa shape index (κ2) is 10.6. The molecule has 0 bridgehead atoms. The van der Waals surface area contributed by atoms with Gasteiger partial charge in [-0.15, -0.1) is 10.2 Å². The van der Waals surface area contributed by atoms with Gasteiger partial charge in [-0.3, -0.25) is 14.9 Å². The van der Waals surface area contributed by atoms with Gasteiger partial charge >= 0.3 is 5.97 Å². The Bertz CT molecular complexity index is 1090. The van der Waals surface area contributed by atoms with Gasteiger partial charge in [0.25, 0.3) is 5.91 Å². The molecule has 0 atom stereocenters. The van der Waals surface area contributed by atoms with Crippen molar-refractivity contribution in [1.29, 1.82) is 0 Å². The summed E-state index contributed by atoms with van der Waals surface area (Å²) in [5, 5.41) is 13.3. The van der Waals surface area contributed by atoms with Crippen LogP contribution < -0.4 is 10.6 Å². The zero-order chi connectivity index (χ0) is 22.2. The van der Waals surface area contributed by atoms with Crippen molar-refractivity contribution < 1.29 is 23.5 Å². The fourth-order valence-corrected chi connectivity index (χ4v) is 3.93. The lowest BCUT2D eigenvalue weighted by atomic mass is 10.2. The molecule has 0 radical (unpaired) electrons. The van der Waals surface area contributed by atoms with E-state index in [9.17, 15) is 18.8 Å². The molecule has 2 amide bonds. The Labute approximate surface area is 185 Å². The number of hydrogen-bond donors (Lipinski definition) is 2. The third kappa shape index (κ3) is 6.33. The molecular formula is C20H17FN4O4S2. The Morgan fingerprint density at radius 3 is 2.55 bits per heavy atom. The second-order valence-electron chi connectivity index (χ2n) is 5.94. The summed E-state index contributed by atoms with van der Waals surface area (Å²) in [5.41, 5.74) is 0.908. The number of anilines is 2. The number of aromatic nitrogens is 2. The van der Waals surface area contributed by atoms with E-state index in [4.69, 9.17) is 4.74 Å². The first-order valence-electron chi connectivity index (χ1n) is 9.05. The third-order valence-electron chi connectivity index (χ3n) is 3.76. The van der Waals surface area contributed by atoms with E-state index >= 15 is 0 Å². The average Bonchev–Trinajstić information content (AvgIpc) is 3.20. The fraction of sp³-hybridized carbons (Fsp3) is 0.150. The molecule has 31 heavy (non-hydrogen) atoms. The molecule has 1 heterocycles. The molecule has 8 nitrogen and oxygen atoms in total. The van der Waals surface area contributed by atoms with Crippen LogP contribution in [0.4, 0.5) is 15.2 Å². The van der Waals surface area contributed by atoms with Crippen LogP contribution in [0, 0.1) is 5.82 Å². The SMILES string of the molecule is CCOC(=O)c1ccccc1NC(=O)CSc1nnc(NC(=O)c2ccc(F)cc2)s1. The maximum Gasteiger partial charge on any atom is 0.340 e. The summed E-state index contributed by atoms with van der Waals surface area (Å²) in [7, 11) is 0. The molecule has 160 valence electrons.